The van der Waals surface area contributed by atoms with Gasteiger partial charge in [-0.2, -0.15) is 0 Å². The van der Waals surface area contributed by atoms with Crippen LogP contribution in [0, 0.1) is 11.8 Å². The number of allylic oxidation sites excluding steroid dienone is 4. The first kappa shape index (κ1) is 25.9. The minimum Gasteiger partial charge on any atom is -0.456 e. The van der Waals surface area contributed by atoms with Crippen molar-refractivity contribution in [2.75, 3.05) is 0 Å². The fourth-order valence-corrected chi connectivity index (χ4v) is 8.70. The zero-order valence-corrected chi connectivity index (χ0v) is 26.2. The number of hydrogen-bond donors (Lipinski definition) is 0. The van der Waals surface area contributed by atoms with Crippen LogP contribution in [-0.4, -0.2) is 0 Å². The molecular weight excluding hydrogens is 536 g/mol. The van der Waals surface area contributed by atoms with Gasteiger partial charge in [0.05, 0.1) is 0 Å². The highest BCUT2D eigenvalue weighted by Crippen LogP contribution is 2.65. The standard InChI is InChI=1S/C42H36O2/c1-23-24(2)38-30-18-16-28(36-22-26-12-8-10-14-34(26)44-36)20-32(30)42(5,6)40(38)39-37(23)29-17-15-27(19-31(29)41(39,3)4)35-21-25-11-7-9-13-33(25)43-35/h7-24H,1-6H3. The van der Waals surface area contributed by atoms with E-state index >= 15 is 0 Å². The second-order valence-corrected chi connectivity index (χ2v) is 14.2. The minimum absolute atomic E-state index is 0.136. The van der Waals surface area contributed by atoms with Crippen molar-refractivity contribution < 1.29 is 8.83 Å². The summed E-state index contributed by atoms with van der Waals surface area (Å²) in [5.41, 5.74) is 15.6. The van der Waals surface area contributed by atoms with E-state index in [2.05, 4.69) is 114 Å². The van der Waals surface area contributed by atoms with Crippen molar-refractivity contribution in [2.24, 2.45) is 11.8 Å². The fraction of sp³-hybridized carbons (Fsp3) is 0.238. The molecule has 0 amide bonds. The van der Waals surface area contributed by atoms with E-state index in [-0.39, 0.29) is 10.8 Å². The predicted molar refractivity (Wildman–Crippen MR) is 182 cm³/mol. The molecule has 0 saturated heterocycles. The first-order valence-electron chi connectivity index (χ1n) is 15.9. The summed E-state index contributed by atoms with van der Waals surface area (Å²) in [4.78, 5) is 0. The van der Waals surface area contributed by atoms with E-state index in [0.29, 0.717) is 11.8 Å². The van der Waals surface area contributed by atoms with Crippen LogP contribution in [0.5, 0.6) is 0 Å². The van der Waals surface area contributed by atoms with Crippen LogP contribution in [0.4, 0.5) is 0 Å². The maximum absolute atomic E-state index is 6.32. The van der Waals surface area contributed by atoms with Crippen molar-refractivity contribution in [3.8, 4) is 22.6 Å². The van der Waals surface area contributed by atoms with Crippen molar-refractivity contribution in [3.05, 3.63) is 130 Å². The second kappa shape index (κ2) is 8.54. The lowest BCUT2D eigenvalue weighted by molar-refractivity contribution is 0.539. The molecule has 0 radical (unpaired) electrons. The molecule has 0 saturated carbocycles. The quantitative estimate of drug-likeness (QED) is 0.206. The number of fused-ring (bicyclic) bond motifs is 7. The molecular formula is C42H36O2. The first-order valence-corrected chi connectivity index (χ1v) is 15.9. The van der Waals surface area contributed by atoms with E-state index in [4.69, 9.17) is 8.83 Å². The topological polar surface area (TPSA) is 26.3 Å². The Morgan fingerprint density at radius 2 is 0.909 bits per heavy atom. The molecule has 0 fully saturated rings. The van der Waals surface area contributed by atoms with Gasteiger partial charge < -0.3 is 8.83 Å². The number of rotatable bonds is 2. The summed E-state index contributed by atoms with van der Waals surface area (Å²) in [5, 5.41) is 2.29. The van der Waals surface area contributed by atoms with Crippen molar-refractivity contribution in [2.45, 2.75) is 52.4 Å². The van der Waals surface area contributed by atoms with Gasteiger partial charge in [0.1, 0.15) is 22.7 Å². The third-order valence-corrected chi connectivity index (χ3v) is 11.1. The van der Waals surface area contributed by atoms with Gasteiger partial charge in [-0.15, -0.1) is 0 Å². The number of para-hydroxylation sites is 2. The van der Waals surface area contributed by atoms with E-state index in [1.54, 1.807) is 0 Å². The van der Waals surface area contributed by atoms with E-state index in [1.165, 1.54) is 44.5 Å². The zero-order chi connectivity index (χ0) is 30.1. The highest BCUT2D eigenvalue weighted by atomic mass is 16.3. The molecule has 3 aliphatic carbocycles. The van der Waals surface area contributed by atoms with E-state index in [0.717, 1.165) is 44.6 Å². The number of hydrogen-bond acceptors (Lipinski definition) is 2. The molecule has 2 heteroatoms. The minimum atomic E-state index is -0.136. The van der Waals surface area contributed by atoms with Crippen molar-refractivity contribution >= 4 is 33.1 Å². The van der Waals surface area contributed by atoms with Crippen LogP contribution in [0.25, 0.3) is 55.7 Å². The average Bonchev–Trinajstić information content (AvgIpc) is 3.75. The van der Waals surface area contributed by atoms with Crippen molar-refractivity contribution in [1.29, 1.82) is 0 Å². The van der Waals surface area contributed by atoms with E-state index in [9.17, 15) is 0 Å². The predicted octanol–water partition coefficient (Wildman–Crippen LogP) is 11.6. The molecule has 2 unspecified atom stereocenters. The Morgan fingerprint density at radius 1 is 0.500 bits per heavy atom. The van der Waals surface area contributed by atoms with Gasteiger partial charge in [0.2, 0.25) is 0 Å². The second-order valence-electron chi connectivity index (χ2n) is 14.2. The third kappa shape index (κ3) is 3.26. The summed E-state index contributed by atoms with van der Waals surface area (Å²) in [6, 6.07) is 35.0. The van der Waals surface area contributed by atoms with Gasteiger partial charge >= 0.3 is 0 Å². The maximum Gasteiger partial charge on any atom is 0.135 e. The highest BCUT2D eigenvalue weighted by molar-refractivity contribution is 5.98. The van der Waals surface area contributed by atoms with Crippen LogP contribution in [0.1, 0.15) is 63.8 Å². The van der Waals surface area contributed by atoms with Crippen LogP contribution in [0.15, 0.2) is 117 Å². The molecule has 44 heavy (non-hydrogen) atoms. The molecule has 9 rings (SSSR count). The van der Waals surface area contributed by atoms with E-state index < -0.39 is 0 Å². The Labute approximate surface area is 258 Å². The number of furan rings is 2. The molecule has 2 aromatic heterocycles. The molecule has 3 aliphatic rings. The molecule has 2 heterocycles. The lowest BCUT2D eigenvalue weighted by Crippen LogP contribution is -2.30. The Balaban J connectivity index is 1.19. The SMILES string of the molecule is CC1C2=C(C3=C(c4ccc(-c5cc6ccccc6o5)cc4C3(C)C)C1C)C(C)(C)c1cc(-c3cc4ccccc4o3)ccc12. The maximum atomic E-state index is 6.32. The molecule has 2 nitrogen and oxygen atoms in total. The molecule has 0 aliphatic heterocycles. The van der Waals surface area contributed by atoms with Crippen LogP contribution < -0.4 is 0 Å². The average molecular weight is 573 g/mol. The lowest BCUT2D eigenvalue weighted by Gasteiger charge is -2.39. The van der Waals surface area contributed by atoms with Crippen molar-refractivity contribution in [3.63, 3.8) is 0 Å². The van der Waals surface area contributed by atoms with Crippen LogP contribution in [-0.2, 0) is 10.8 Å². The summed E-state index contributed by atoms with van der Waals surface area (Å²) in [7, 11) is 0. The summed E-state index contributed by atoms with van der Waals surface area (Å²) >= 11 is 0. The van der Waals surface area contributed by atoms with Gasteiger partial charge in [0.15, 0.2) is 0 Å². The third-order valence-electron chi connectivity index (χ3n) is 11.1. The molecule has 2 atom stereocenters. The summed E-state index contributed by atoms with van der Waals surface area (Å²) in [6.45, 7) is 14.6. The fourth-order valence-electron chi connectivity index (χ4n) is 8.70. The van der Waals surface area contributed by atoms with Crippen LogP contribution in [0.3, 0.4) is 0 Å². The van der Waals surface area contributed by atoms with Gasteiger partial charge in [-0.05, 0) is 92.8 Å². The van der Waals surface area contributed by atoms with E-state index in [1.807, 2.05) is 24.3 Å². The Hall–Kier alpha value is -4.56. The summed E-state index contributed by atoms with van der Waals surface area (Å²) in [6.07, 6.45) is 0. The smallest absolute Gasteiger partial charge is 0.135 e. The molecule has 216 valence electrons. The Bertz CT molecular complexity index is 2030. The van der Waals surface area contributed by atoms with Gasteiger partial charge in [0.25, 0.3) is 0 Å². The largest absolute Gasteiger partial charge is 0.456 e. The molecule has 4 aromatic carbocycles. The number of benzene rings is 4. The summed E-state index contributed by atoms with van der Waals surface area (Å²) in [5.74, 6) is 2.70. The zero-order valence-electron chi connectivity index (χ0n) is 26.2. The van der Waals surface area contributed by atoms with Gasteiger partial charge in [-0.1, -0.05) is 102 Å². The van der Waals surface area contributed by atoms with Gasteiger partial charge in [-0.25, -0.2) is 0 Å². The summed E-state index contributed by atoms with van der Waals surface area (Å²) < 4.78 is 12.6. The molecule has 0 N–H and O–H groups in total. The molecule has 6 aromatic rings. The van der Waals surface area contributed by atoms with Gasteiger partial charge in [-0.3, -0.25) is 0 Å². The Morgan fingerprint density at radius 3 is 1.32 bits per heavy atom. The first-order chi connectivity index (χ1) is 21.1. The van der Waals surface area contributed by atoms with Crippen molar-refractivity contribution in [1.82, 2.24) is 0 Å². The Kier molecular flexibility index (Phi) is 5.03. The monoisotopic (exact) mass is 572 g/mol. The molecule has 0 spiro atoms. The lowest BCUT2D eigenvalue weighted by atomic mass is 9.64. The van der Waals surface area contributed by atoms with Gasteiger partial charge in [0, 0.05) is 32.7 Å². The van der Waals surface area contributed by atoms with Crippen LogP contribution >= 0.6 is 0 Å². The highest BCUT2D eigenvalue weighted by Gasteiger charge is 2.52. The molecule has 0 bridgehead atoms. The normalized spacial score (nSPS) is 21.1. The van der Waals surface area contributed by atoms with Crippen LogP contribution in [0.2, 0.25) is 0 Å².